The molecule has 1 unspecified atom stereocenters. The van der Waals surface area contributed by atoms with Gasteiger partial charge in [0.05, 0.1) is 24.0 Å². The molecule has 1 aromatic carbocycles. The second kappa shape index (κ2) is 7.15. The van der Waals surface area contributed by atoms with Gasteiger partial charge in [0.15, 0.2) is 0 Å². The van der Waals surface area contributed by atoms with E-state index in [0.29, 0.717) is 5.56 Å². The van der Waals surface area contributed by atoms with Crippen LogP contribution in [0.3, 0.4) is 0 Å². The third kappa shape index (κ3) is 5.04. The largest absolute Gasteiger partial charge is 0.573 e. The number of hydrogen-bond acceptors (Lipinski definition) is 3. The second-order valence-electron chi connectivity index (χ2n) is 6.16. The predicted octanol–water partition coefficient (Wildman–Crippen LogP) is 3.56. The monoisotopic (exact) mass is 367 g/mol. The Balaban J connectivity index is 1.94. The molecule has 1 saturated carbocycles. The number of hydrogen-bond donors (Lipinski definition) is 2. The highest BCUT2D eigenvalue weighted by Gasteiger charge is 2.56. The van der Waals surface area contributed by atoms with Gasteiger partial charge in [-0.3, -0.25) is 4.79 Å². The lowest BCUT2D eigenvalue weighted by Gasteiger charge is -2.22. The number of alkyl halides is 5. The van der Waals surface area contributed by atoms with Crippen LogP contribution in [0.5, 0.6) is 5.75 Å². The van der Waals surface area contributed by atoms with Crippen LogP contribution in [0.25, 0.3) is 0 Å². The van der Waals surface area contributed by atoms with Gasteiger partial charge in [0, 0.05) is 0 Å². The van der Waals surface area contributed by atoms with Crippen molar-refractivity contribution in [2.45, 2.75) is 51.1 Å². The Labute approximate surface area is 141 Å². The van der Waals surface area contributed by atoms with Gasteiger partial charge in [0.25, 0.3) is 0 Å². The van der Waals surface area contributed by atoms with Gasteiger partial charge in [-0.25, -0.2) is 8.78 Å². The molecule has 0 saturated heterocycles. The van der Waals surface area contributed by atoms with E-state index in [2.05, 4.69) is 10.1 Å². The van der Waals surface area contributed by atoms with Crippen molar-refractivity contribution in [1.29, 1.82) is 0 Å². The minimum Gasteiger partial charge on any atom is -0.406 e. The van der Waals surface area contributed by atoms with Gasteiger partial charge in [0.1, 0.15) is 5.75 Å². The summed E-state index contributed by atoms with van der Waals surface area (Å²) in [5.41, 5.74) is -1.17. The first-order chi connectivity index (χ1) is 11.5. The molecular weight excluding hydrogens is 349 g/mol. The molecule has 0 bridgehead atoms. The maximum atomic E-state index is 12.9. The molecule has 25 heavy (non-hydrogen) atoms. The summed E-state index contributed by atoms with van der Waals surface area (Å²) in [6, 6.07) is 4.39. The Hall–Kier alpha value is -1.90. The Morgan fingerprint density at radius 3 is 2.52 bits per heavy atom. The van der Waals surface area contributed by atoms with Crippen LogP contribution >= 0.6 is 0 Å². The fourth-order valence-corrected chi connectivity index (χ4v) is 2.58. The Morgan fingerprint density at radius 1 is 1.36 bits per heavy atom. The minimum absolute atomic E-state index is 0.158. The maximum Gasteiger partial charge on any atom is 0.573 e. The highest BCUT2D eigenvalue weighted by Crippen LogP contribution is 2.54. The van der Waals surface area contributed by atoms with Crippen molar-refractivity contribution in [1.82, 2.24) is 5.32 Å². The Kier molecular flexibility index (Phi) is 5.55. The van der Waals surface area contributed by atoms with Crippen molar-refractivity contribution >= 4 is 5.91 Å². The quantitative estimate of drug-likeness (QED) is 0.725. The minimum atomic E-state index is -4.83. The Bertz CT molecular complexity index is 616. The summed E-state index contributed by atoms with van der Waals surface area (Å²) >= 11 is 0. The summed E-state index contributed by atoms with van der Waals surface area (Å²) in [6.07, 6.45) is -9.17. The van der Waals surface area contributed by atoms with Crippen molar-refractivity contribution in [2.24, 2.45) is 5.41 Å². The van der Waals surface area contributed by atoms with Crippen LogP contribution < -0.4 is 10.1 Å². The van der Waals surface area contributed by atoms with Gasteiger partial charge >= 0.3 is 6.36 Å². The van der Waals surface area contributed by atoms with Gasteiger partial charge in [-0.05, 0) is 37.5 Å². The lowest BCUT2D eigenvalue weighted by atomic mass is 9.96. The van der Waals surface area contributed by atoms with Crippen LogP contribution in [0.15, 0.2) is 24.3 Å². The number of aliphatic hydroxyl groups excluding tert-OH is 1. The molecule has 1 amide bonds. The SMILES string of the molecule is C[C@H](NC(=O)CC(O)C1(C(F)F)CC1)c1cccc(OC(F)(F)F)c1. The molecule has 1 aromatic rings. The molecule has 0 aromatic heterocycles. The number of ether oxygens (including phenoxy) is 1. The number of rotatable bonds is 7. The molecule has 4 nitrogen and oxygen atoms in total. The predicted molar refractivity (Wildman–Crippen MR) is 78.0 cm³/mol. The summed E-state index contributed by atoms with van der Waals surface area (Å²) < 4.78 is 66.3. The van der Waals surface area contributed by atoms with E-state index < -0.39 is 48.4 Å². The molecule has 0 heterocycles. The van der Waals surface area contributed by atoms with Crippen molar-refractivity contribution < 1.29 is 36.6 Å². The smallest absolute Gasteiger partial charge is 0.406 e. The summed E-state index contributed by atoms with van der Waals surface area (Å²) in [5.74, 6) is -1.09. The molecule has 1 fully saturated rings. The van der Waals surface area contributed by atoms with Crippen molar-refractivity contribution in [3.05, 3.63) is 29.8 Å². The van der Waals surface area contributed by atoms with Crippen molar-refractivity contribution in [3.63, 3.8) is 0 Å². The zero-order valence-corrected chi connectivity index (χ0v) is 13.3. The standard InChI is InChI=1S/C16H18F5NO3/c1-9(10-3-2-4-11(7-10)25-16(19,20)21)22-13(24)8-12(23)15(5-6-15)14(17)18/h2-4,7,9,12,14,23H,5-6,8H2,1H3,(H,22,24)/t9-,12?/m0/s1. The molecule has 0 radical (unpaired) electrons. The van der Waals surface area contributed by atoms with Crippen LogP contribution in [-0.4, -0.2) is 29.9 Å². The fourth-order valence-electron chi connectivity index (χ4n) is 2.58. The average molecular weight is 367 g/mol. The second-order valence-corrected chi connectivity index (χ2v) is 6.16. The number of carbonyl (C=O) groups excluding carboxylic acids is 1. The van der Waals surface area contributed by atoms with Crippen LogP contribution in [0.4, 0.5) is 22.0 Å². The lowest BCUT2D eigenvalue weighted by Crippen LogP contribution is -2.36. The molecule has 0 spiro atoms. The van der Waals surface area contributed by atoms with Crippen LogP contribution in [0.1, 0.15) is 37.8 Å². The van der Waals surface area contributed by atoms with E-state index in [1.165, 1.54) is 19.1 Å². The first-order valence-electron chi connectivity index (χ1n) is 7.65. The van der Waals surface area contributed by atoms with E-state index in [1.54, 1.807) is 0 Å². The molecule has 2 N–H and O–H groups in total. The molecule has 0 aliphatic heterocycles. The van der Waals surface area contributed by atoms with Gasteiger partial charge in [0.2, 0.25) is 12.3 Å². The average Bonchev–Trinajstić information content (AvgIpc) is 3.27. The third-order valence-corrected chi connectivity index (χ3v) is 4.27. The lowest BCUT2D eigenvalue weighted by molar-refractivity contribution is -0.274. The van der Waals surface area contributed by atoms with Gasteiger partial charge in [-0.2, -0.15) is 0 Å². The van der Waals surface area contributed by atoms with E-state index in [0.717, 1.165) is 12.1 Å². The number of amides is 1. The van der Waals surface area contributed by atoms with E-state index in [9.17, 15) is 31.9 Å². The number of aliphatic hydroxyl groups is 1. The van der Waals surface area contributed by atoms with E-state index in [-0.39, 0.29) is 12.8 Å². The van der Waals surface area contributed by atoms with Gasteiger partial charge in [-0.1, -0.05) is 12.1 Å². The fraction of sp³-hybridized carbons (Fsp3) is 0.562. The molecular formula is C16H18F5NO3. The van der Waals surface area contributed by atoms with Gasteiger partial charge < -0.3 is 15.2 Å². The Morgan fingerprint density at radius 2 is 2.00 bits per heavy atom. The summed E-state index contributed by atoms with van der Waals surface area (Å²) in [4.78, 5) is 11.9. The van der Waals surface area contributed by atoms with Crippen LogP contribution in [0, 0.1) is 5.41 Å². The van der Waals surface area contributed by atoms with Crippen molar-refractivity contribution in [2.75, 3.05) is 0 Å². The summed E-state index contributed by atoms with van der Waals surface area (Å²) in [7, 11) is 0. The molecule has 2 rings (SSSR count). The molecule has 1 aliphatic rings. The van der Waals surface area contributed by atoms with Gasteiger partial charge in [-0.15, -0.1) is 13.2 Å². The normalized spacial score (nSPS) is 18.6. The third-order valence-electron chi connectivity index (χ3n) is 4.27. The summed E-state index contributed by atoms with van der Waals surface area (Å²) in [5, 5.41) is 12.3. The first-order valence-corrected chi connectivity index (χ1v) is 7.65. The molecule has 2 atom stereocenters. The molecule has 9 heteroatoms. The number of benzene rings is 1. The van der Waals surface area contributed by atoms with E-state index >= 15 is 0 Å². The molecule has 1 aliphatic carbocycles. The highest BCUT2D eigenvalue weighted by atomic mass is 19.4. The topological polar surface area (TPSA) is 58.6 Å². The zero-order chi connectivity index (χ0) is 18.8. The number of halogens is 5. The van der Waals surface area contributed by atoms with E-state index in [4.69, 9.17) is 0 Å². The maximum absolute atomic E-state index is 12.9. The number of carbonyl (C=O) groups is 1. The van der Waals surface area contributed by atoms with E-state index in [1.807, 2.05) is 0 Å². The zero-order valence-electron chi connectivity index (χ0n) is 13.3. The highest BCUT2D eigenvalue weighted by molar-refractivity contribution is 5.77. The molecule has 140 valence electrons. The summed E-state index contributed by atoms with van der Waals surface area (Å²) in [6.45, 7) is 1.52. The van der Waals surface area contributed by atoms with Crippen LogP contribution in [-0.2, 0) is 4.79 Å². The van der Waals surface area contributed by atoms with Crippen molar-refractivity contribution in [3.8, 4) is 5.75 Å². The van der Waals surface area contributed by atoms with Crippen LogP contribution in [0.2, 0.25) is 0 Å². The first kappa shape index (κ1) is 19.4. The number of nitrogens with one attached hydrogen (secondary N) is 1.